The summed E-state index contributed by atoms with van der Waals surface area (Å²) in [7, 11) is 0. The van der Waals surface area contributed by atoms with E-state index >= 15 is 0 Å². The van der Waals surface area contributed by atoms with Gasteiger partial charge in [0.2, 0.25) is 0 Å². The fraction of sp³-hybridized carbons (Fsp3) is 0.667. The van der Waals surface area contributed by atoms with Crippen LogP contribution in [0.5, 0.6) is 0 Å². The molecule has 0 spiro atoms. The maximum atomic E-state index is 12.3. The summed E-state index contributed by atoms with van der Waals surface area (Å²) >= 11 is 3.46. The summed E-state index contributed by atoms with van der Waals surface area (Å²) in [4.78, 5) is 14.6. The van der Waals surface area contributed by atoms with Gasteiger partial charge < -0.3 is 14.8 Å². The highest BCUT2D eigenvalue weighted by molar-refractivity contribution is 9.10. The van der Waals surface area contributed by atoms with Crippen molar-refractivity contribution in [3.8, 4) is 0 Å². The predicted molar refractivity (Wildman–Crippen MR) is 85.1 cm³/mol. The number of hydrogen-bond acceptors (Lipinski definition) is 2. The van der Waals surface area contributed by atoms with E-state index in [1.807, 2.05) is 12.3 Å². The maximum absolute atomic E-state index is 12.3. The Morgan fingerprint density at radius 1 is 1.45 bits per heavy atom. The van der Waals surface area contributed by atoms with Crippen LogP contribution in [0.2, 0.25) is 0 Å². The van der Waals surface area contributed by atoms with Crippen molar-refractivity contribution in [2.24, 2.45) is 0 Å². The van der Waals surface area contributed by atoms with Gasteiger partial charge in [-0.2, -0.15) is 0 Å². The topological polar surface area (TPSA) is 37.3 Å². The molecular formula is C15H24BrN3O. The van der Waals surface area contributed by atoms with Crippen LogP contribution in [0.1, 0.15) is 49.6 Å². The molecule has 1 aromatic heterocycles. The molecule has 0 bridgehead atoms. The lowest BCUT2D eigenvalue weighted by atomic mass is 10.3. The smallest absolute Gasteiger partial charge is 0.268 e. The normalized spacial score (nSPS) is 14.8. The Balaban J connectivity index is 1.85. The van der Waals surface area contributed by atoms with Crippen LogP contribution in [0.4, 0.5) is 0 Å². The first-order valence-electron chi connectivity index (χ1n) is 7.53. The lowest BCUT2D eigenvalue weighted by molar-refractivity contribution is 0.0939. The Labute approximate surface area is 129 Å². The number of nitrogens with one attached hydrogen (secondary N) is 1. The number of likely N-dealkylation sites (N-methyl/N-ethyl adjacent to an activating group) is 1. The van der Waals surface area contributed by atoms with Gasteiger partial charge in [0, 0.05) is 29.8 Å². The summed E-state index contributed by atoms with van der Waals surface area (Å²) in [5.74, 6) is 0.0372. The van der Waals surface area contributed by atoms with E-state index in [1.54, 1.807) is 0 Å². The molecule has 112 valence electrons. The molecule has 1 aromatic rings. The van der Waals surface area contributed by atoms with Crippen molar-refractivity contribution in [1.29, 1.82) is 0 Å². The lowest BCUT2D eigenvalue weighted by Crippen LogP contribution is -2.35. The highest BCUT2D eigenvalue weighted by Gasteiger charge is 2.27. The fourth-order valence-corrected chi connectivity index (χ4v) is 2.88. The molecule has 1 amide bonds. The Kier molecular flexibility index (Phi) is 5.66. The third-order valence-corrected chi connectivity index (χ3v) is 4.12. The molecular weight excluding hydrogens is 318 g/mol. The van der Waals surface area contributed by atoms with Crippen LogP contribution in [0.25, 0.3) is 0 Å². The molecule has 0 saturated heterocycles. The van der Waals surface area contributed by atoms with Crippen molar-refractivity contribution in [3.63, 3.8) is 0 Å². The second kappa shape index (κ2) is 7.27. The number of nitrogens with zero attached hydrogens (tertiary/aromatic N) is 2. The SMILES string of the molecule is CCCN(CC)CCNC(=O)c1cc(Br)cn1C1CC1. The summed E-state index contributed by atoms with van der Waals surface area (Å²) in [6, 6.07) is 2.44. The van der Waals surface area contributed by atoms with Gasteiger partial charge in [0.1, 0.15) is 5.69 Å². The van der Waals surface area contributed by atoms with Gasteiger partial charge in [0.05, 0.1) is 0 Å². The van der Waals surface area contributed by atoms with Crippen molar-refractivity contribution in [1.82, 2.24) is 14.8 Å². The van der Waals surface area contributed by atoms with E-state index in [0.717, 1.165) is 36.2 Å². The van der Waals surface area contributed by atoms with Crippen molar-refractivity contribution >= 4 is 21.8 Å². The van der Waals surface area contributed by atoms with Gasteiger partial charge in [-0.05, 0) is 54.3 Å². The van der Waals surface area contributed by atoms with E-state index in [-0.39, 0.29) is 5.91 Å². The molecule has 5 heteroatoms. The van der Waals surface area contributed by atoms with Gasteiger partial charge in [0.15, 0.2) is 0 Å². The molecule has 1 aliphatic rings. The van der Waals surface area contributed by atoms with Gasteiger partial charge in [-0.3, -0.25) is 4.79 Å². The summed E-state index contributed by atoms with van der Waals surface area (Å²) < 4.78 is 3.08. The van der Waals surface area contributed by atoms with E-state index in [9.17, 15) is 4.79 Å². The van der Waals surface area contributed by atoms with Crippen LogP contribution >= 0.6 is 15.9 Å². The average molecular weight is 342 g/mol. The summed E-state index contributed by atoms with van der Waals surface area (Å²) in [5, 5.41) is 3.04. The summed E-state index contributed by atoms with van der Waals surface area (Å²) in [6.07, 6.45) is 5.53. The molecule has 1 fully saturated rings. The van der Waals surface area contributed by atoms with Crippen molar-refractivity contribution in [3.05, 3.63) is 22.4 Å². The van der Waals surface area contributed by atoms with Crippen LogP contribution in [-0.4, -0.2) is 41.6 Å². The van der Waals surface area contributed by atoms with Crippen LogP contribution < -0.4 is 5.32 Å². The van der Waals surface area contributed by atoms with Crippen LogP contribution in [0.3, 0.4) is 0 Å². The maximum Gasteiger partial charge on any atom is 0.268 e. The lowest BCUT2D eigenvalue weighted by Gasteiger charge is -2.19. The minimum atomic E-state index is 0.0372. The number of halogens is 1. The zero-order chi connectivity index (χ0) is 14.5. The molecule has 1 heterocycles. The molecule has 0 atom stereocenters. The second-order valence-corrected chi connectivity index (χ2v) is 6.29. The van der Waals surface area contributed by atoms with Gasteiger partial charge in [0.25, 0.3) is 5.91 Å². The van der Waals surface area contributed by atoms with Gasteiger partial charge in [-0.15, -0.1) is 0 Å². The van der Waals surface area contributed by atoms with Crippen molar-refractivity contribution < 1.29 is 4.79 Å². The zero-order valence-corrected chi connectivity index (χ0v) is 13.9. The quantitative estimate of drug-likeness (QED) is 0.788. The van der Waals surface area contributed by atoms with Crippen molar-refractivity contribution in [2.75, 3.05) is 26.2 Å². The van der Waals surface area contributed by atoms with E-state index in [2.05, 4.69) is 44.6 Å². The number of carbonyl (C=O) groups excluding carboxylic acids is 1. The predicted octanol–water partition coefficient (Wildman–Crippen LogP) is 3.05. The number of aromatic nitrogens is 1. The Morgan fingerprint density at radius 3 is 2.80 bits per heavy atom. The van der Waals surface area contributed by atoms with Crippen molar-refractivity contribution in [2.45, 2.75) is 39.2 Å². The Bertz CT molecular complexity index is 454. The van der Waals surface area contributed by atoms with Crippen LogP contribution in [0.15, 0.2) is 16.7 Å². The second-order valence-electron chi connectivity index (χ2n) is 5.37. The molecule has 0 aromatic carbocycles. The van der Waals surface area contributed by atoms with E-state index in [0.29, 0.717) is 12.6 Å². The average Bonchev–Trinajstić information content (AvgIpc) is 3.20. The van der Waals surface area contributed by atoms with E-state index < -0.39 is 0 Å². The Morgan fingerprint density at radius 2 is 2.20 bits per heavy atom. The molecule has 20 heavy (non-hydrogen) atoms. The van der Waals surface area contributed by atoms with Gasteiger partial charge in [-0.25, -0.2) is 0 Å². The molecule has 0 aliphatic heterocycles. The zero-order valence-electron chi connectivity index (χ0n) is 12.4. The first-order valence-corrected chi connectivity index (χ1v) is 8.33. The molecule has 4 nitrogen and oxygen atoms in total. The van der Waals surface area contributed by atoms with E-state index in [4.69, 9.17) is 0 Å². The van der Waals surface area contributed by atoms with Crippen LogP contribution in [-0.2, 0) is 0 Å². The molecule has 0 unspecified atom stereocenters. The largest absolute Gasteiger partial charge is 0.349 e. The van der Waals surface area contributed by atoms with Gasteiger partial charge >= 0.3 is 0 Å². The molecule has 0 radical (unpaired) electrons. The third kappa shape index (κ3) is 4.09. The number of carbonyl (C=O) groups is 1. The first kappa shape index (κ1) is 15.6. The summed E-state index contributed by atoms with van der Waals surface area (Å²) in [5.41, 5.74) is 0.776. The number of rotatable bonds is 8. The third-order valence-electron chi connectivity index (χ3n) is 3.69. The molecule has 1 N–H and O–H groups in total. The highest BCUT2D eigenvalue weighted by atomic mass is 79.9. The van der Waals surface area contributed by atoms with E-state index in [1.165, 1.54) is 12.8 Å². The highest BCUT2D eigenvalue weighted by Crippen LogP contribution is 2.37. The number of hydrogen-bond donors (Lipinski definition) is 1. The van der Waals surface area contributed by atoms with Crippen LogP contribution in [0, 0.1) is 0 Å². The van der Waals surface area contributed by atoms with Gasteiger partial charge in [-0.1, -0.05) is 13.8 Å². The minimum absolute atomic E-state index is 0.0372. The fourth-order valence-electron chi connectivity index (χ4n) is 2.44. The first-order chi connectivity index (χ1) is 9.65. The molecule has 2 rings (SSSR count). The Hall–Kier alpha value is -0.810. The summed E-state index contributed by atoms with van der Waals surface area (Å²) in [6.45, 7) is 8.10. The standard InChI is InChI=1S/C15H24BrN3O/c1-3-8-18(4-2)9-7-17-15(20)14-10-12(16)11-19(14)13-5-6-13/h10-11,13H,3-9H2,1-2H3,(H,17,20). The molecule has 1 saturated carbocycles. The minimum Gasteiger partial charge on any atom is -0.349 e. The molecule has 1 aliphatic carbocycles. The monoisotopic (exact) mass is 341 g/mol. The number of amides is 1.